The first-order chi connectivity index (χ1) is 7.21. The van der Waals surface area contributed by atoms with Crippen molar-refractivity contribution in [3.8, 4) is 0 Å². The van der Waals surface area contributed by atoms with E-state index in [2.05, 4.69) is 24.5 Å². The quantitative estimate of drug-likeness (QED) is 0.728. The number of hydrogen-bond donors (Lipinski definition) is 1. The summed E-state index contributed by atoms with van der Waals surface area (Å²) in [6.45, 7) is 11.1. The molecule has 0 amide bonds. The molecule has 0 fully saturated rings. The van der Waals surface area contributed by atoms with Crippen molar-refractivity contribution in [3.05, 3.63) is 35.8 Å². The maximum atomic E-state index is 5.64. The van der Waals surface area contributed by atoms with Gasteiger partial charge in [-0.15, -0.1) is 6.58 Å². The van der Waals surface area contributed by atoms with Gasteiger partial charge in [-0.1, -0.05) is 13.0 Å². The van der Waals surface area contributed by atoms with Gasteiger partial charge in [0, 0.05) is 6.54 Å². The summed E-state index contributed by atoms with van der Waals surface area (Å²) in [6, 6.07) is 2.06. The Morgan fingerprint density at radius 3 is 2.80 bits per heavy atom. The molecule has 1 rings (SSSR count). The third-order valence-electron chi connectivity index (χ3n) is 2.47. The molecule has 0 aliphatic carbocycles. The number of rotatable bonds is 6. The molecule has 1 aromatic rings. The molecule has 3 heteroatoms. The van der Waals surface area contributed by atoms with E-state index >= 15 is 0 Å². The first-order valence-corrected chi connectivity index (χ1v) is 5.32. The van der Waals surface area contributed by atoms with Gasteiger partial charge in [0.2, 0.25) is 0 Å². The Morgan fingerprint density at radius 2 is 2.33 bits per heavy atom. The number of nitrogens with two attached hydrogens (primary N) is 1. The van der Waals surface area contributed by atoms with Crippen LogP contribution in [0.15, 0.2) is 23.1 Å². The molecule has 3 nitrogen and oxygen atoms in total. The van der Waals surface area contributed by atoms with E-state index in [0.717, 1.165) is 36.7 Å². The molecule has 0 spiro atoms. The van der Waals surface area contributed by atoms with Gasteiger partial charge in [0.25, 0.3) is 0 Å². The smallest absolute Gasteiger partial charge is 0.120 e. The molecule has 0 atom stereocenters. The Balaban J connectivity index is 2.66. The molecular weight excluding hydrogens is 188 g/mol. The Bertz CT molecular complexity index is 317. The molecule has 0 aromatic carbocycles. The molecule has 0 saturated carbocycles. The van der Waals surface area contributed by atoms with Crippen molar-refractivity contribution in [2.24, 2.45) is 5.73 Å². The first kappa shape index (κ1) is 12.0. The lowest BCUT2D eigenvalue weighted by atomic mass is 10.2. The minimum Gasteiger partial charge on any atom is -0.463 e. The van der Waals surface area contributed by atoms with Crippen LogP contribution >= 0.6 is 0 Å². The highest BCUT2D eigenvalue weighted by atomic mass is 16.3. The summed E-state index contributed by atoms with van der Waals surface area (Å²) in [5.41, 5.74) is 6.70. The zero-order valence-corrected chi connectivity index (χ0v) is 9.62. The molecule has 84 valence electrons. The van der Waals surface area contributed by atoms with E-state index in [-0.39, 0.29) is 0 Å². The Hall–Kier alpha value is -1.06. The third kappa shape index (κ3) is 3.22. The van der Waals surface area contributed by atoms with Crippen molar-refractivity contribution in [1.82, 2.24) is 4.90 Å². The monoisotopic (exact) mass is 208 g/mol. The van der Waals surface area contributed by atoms with Gasteiger partial charge in [-0.25, -0.2) is 0 Å². The predicted molar refractivity (Wildman–Crippen MR) is 62.5 cm³/mol. The lowest BCUT2D eigenvalue weighted by Gasteiger charge is -2.16. The number of hydrogen-bond acceptors (Lipinski definition) is 3. The molecule has 15 heavy (non-hydrogen) atoms. The first-order valence-electron chi connectivity index (χ1n) is 5.32. The van der Waals surface area contributed by atoms with Crippen LogP contribution in [-0.2, 0) is 13.1 Å². The van der Waals surface area contributed by atoms with E-state index < -0.39 is 0 Å². The number of nitrogens with zero attached hydrogens (tertiary/aromatic N) is 1. The van der Waals surface area contributed by atoms with Crippen molar-refractivity contribution in [1.29, 1.82) is 0 Å². The lowest BCUT2D eigenvalue weighted by molar-refractivity contribution is 0.278. The highest BCUT2D eigenvalue weighted by molar-refractivity contribution is 5.19. The summed E-state index contributed by atoms with van der Waals surface area (Å²) in [5, 5.41) is 0. The SMILES string of the molecule is C=CCN(CC)Cc1cc(C)c(CN)o1. The second kappa shape index (κ2) is 5.73. The van der Waals surface area contributed by atoms with Crippen molar-refractivity contribution in [3.63, 3.8) is 0 Å². The van der Waals surface area contributed by atoms with E-state index in [0.29, 0.717) is 6.54 Å². The number of aryl methyl sites for hydroxylation is 1. The van der Waals surface area contributed by atoms with Gasteiger partial charge in [0.15, 0.2) is 0 Å². The van der Waals surface area contributed by atoms with Crippen molar-refractivity contribution < 1.29 is 4.42 Å². The van der Waals surface area contributed by atoms with Gasteiger partial charge < -0.3 is 10.2 Å². The van der Waals surface area contributed by atoms with Crippen LogP contribution in [0, 0.1) is 6.92 Å². The molecule has 0 saturated heterocycles. The summed E-state index contributed by atoms with van der Waals surface area (Å²) in [6.07, 6.45) is 1.91. The van der Waals surface area contributed by atoms with Crippen LogP contribution in [0.3, 0.4) is 0 Å². The lowest BCUT2D eigenvalue weighted by Crippen LogP contribution is -2.22. The van der Waals surface area contributed by atoms with E-state index in [1.54, 1.807) is 0 Å². The minimum atomic E-state index is 0.472. The van der Waals surface area contributed by atoms with Crippen molar-refractivity contribution in [2.75, 3.05) is 13.1 Å². The van der Waals surface area contributed by atoms with E-state index in [1.807, 2.05) is 13.0 Å². The number of likely N-dealkylation sites (N-methyl/N-ethyl adjacent to an activating group) is 1. The van der Waals surface area contributed by atoms with E-state index in [9.17, 15) is 0 Å². The predicted octanol–water partition coefficient (Wildman–Crippen LogP) is 2.05. The summed E-state index contributed by atoms with van der Waals surface area (Å²) >= 11 is 0. The van der Waals surface area contributed by atoms with Crippen molar-refractivity contribution >= 4 is 0 Å². The highest BCUT2D eigenvalue weighted by Crippen LogP contribution is 2.15. The fourth-order valence-corrected chi connectivity index (χ4v) is 1.58. The number of furan rings is 1. The van der Waals surface area contributed by atoms with E-state index in [4.69, 9.17) is 10.2 Å². The molecule has 0 aliphatic rings. The van der Waals surface area contributed by atoms with E-state index in [1.165, 1.54) is 0 Å². The maximum Gasteiger partial charge on any atom is 0.120 e. The molecule has 0 bridgehead atoms. The minimum absolute atomic E-state index is 0.472. The zero-order valence-electron chi connectivity index (χ0n) is 9.62. The van der Waals surface area contributed by atoms with Gasteiger partial charge in [0.05, 0.1) is 13.1 Å². The van der Waals surface area contributed by atoms with Crippen LogP contribution in [-0.4, -0.2) is 18.0 Å². The summed E-state index contributed by atoms with van der Waals surface area (Å²) in [7, 11) is 0. The third-order valence-corrected chi connectivity index (χ3v) is 2.47. The topological polar surface area (TPSA) is 42.4 Å². The average Bonchev–Trinajstić information content (AvgIpc) is 2.58. The largest absolute Gasteiger partial charge is 0.463 e. The normalized spacial score (nSPS) is 10.9. The van der Waals surface area contributed by atoms with Gasteiger partial charge in [-0.2, -0.15) is 0 Å². The van der Waals surface area contributed by atoms with Crippen LogP contribution in [0.4, 0.5) is 0 Å². The van der Waals surface area contributed by atoms with Crippen molar-refractivity contribution in [2.45, 2.75) is 26.9 Å². The Labute approximate surface area is 91.6 Å². The van der Waals surface area contributed by atoms with Crippen LogP contribution in [0.5, 0.6) is 0 Å². The maximum absolute atomic E-state index is 5.64. The molecule has 2 N–H and O–H groups in total. The van der Waals surface area contributed by atoms with Gasteiger partial charge >= 0.3 is 0 Å². The highest BCUT2D eigenvalue weighted by Gasteiger charge is 2.08. The molecule has 0 aliphatic heterocycles. The second-order valence-electron chi connectivity index (χ2n) is 3.64. The van der Waals surface area contributed by atoms with Gasteiger partial charge in [-0.3, -0.25) is 4.90 Å². The van der Waals surface area contributed by atoms with Crippen LogP contribution in [0.1, 0.15) is 24.0 Å². The van der Waals surface area contributed by atoms with Crippen LogP contribution in [0.25, 0.3) is 0 Å². The Kier molecular flexibility index (Phi) is 4.59. The fraction of sp³-hybridized carbons (Fsp3) is 0.500. The zero-order chi connectivity index (χ0) is 11.3. The van der Waals surface area contributed by atoms with Crippen LogP contribution < -0.4 is 5.73 Å². The summed E-state index contributed by atoms with van der Waals surface area (Å²) in [5.74, 6) is 1.87. The standard InChI is InChI=1S/C12H20N2O/c1-4-6-14(5-2)9-11-7-10(3)12(8-13)15-11/h4,7H,1,5-6,8-9,13H2,2-3H3. The molecule has 0 unspecified atom stereocenters. The summed E-state index contributed by atoms with van der Waals surface area (Å²) in [4.78, 5) is 2.26. The second-order valence-corrected chi connectivity index (χ2v) is 3.64. The van der Waals surface area contributed by atoms with Gasteiger partial charge in [-0.05, 0) is 25.1 Å². The molecule has 1 heterocycles. The Morgan fingerprint density at radius 1 is 1.60 bits per heavy atom. The fourth-order valence-electron chi connectivity index (χ4n) is 1.58. The molecule has 1 aromatic heterocycles. The average molecular weight is 208 g/mol. The molecule has 0 radical (unpaired) electrons. The molecular formula is C12H20N2O. The van der Waals surface area contributed by atoms with Gasteiger partial charge in [0.1, 0.15) is 11.5 Å². The van der Waals surface area contributed by atoms with Crippen LogP contribution in [0.2, 0.25) is 0 Å². The summed E-state index contributed by atoms with van der Waals surface area (Å²) < 4.78 is 5.64.